The average molecular weight is 1090 g/mol. The topological polar surface area (TPSA) is 374 Å². The number of aliphatic carboxylic acids is 1. The molecule has 25 heteroatoms. The number of amides is 10. The van der Waals surface area contributed by atoms with Gasteiger partial charge < -0.3 is 73.0 Å². The third-order valence-corrected chi connectivity index (χ3v) is 15.0. The standard InChI is InChI=1S/C53H73N11O14/c1-3-30(2)44(52(76)64-24-10-16-41(64)47(71)57-35(27-42(55)67)45(69)59-37(29-65)53(77)78)60-49(73)39-14-7-21-61(39)43(68)28-56-46(70)38-13-8-23-63(38)51(75)36(26-31-11-5-4-6-12-31)58-48(72)40-15-9-22-62(40)50(74)34(54)25-32-17-19-33(66)20-18-32/h4-6,11-12,17-20,30,34-41,44,65-66H,3,7-10,13-16,21-29,54H2,1-2H3,(H2,55,67)(H,56,70)(H,57,71)(H,58,72)(H,59,69)(H,60,73)(H,77,78)/t30-,34-,35-,36-,37-,38-,39-,40-,41-,44-/m0/s1. The van der Waals surface area contributed by atoms with Crippen LogP contribution in [0.5, 0.6) is 5.75 Å². The normalized spacial score (nSPS) is 21.3. The number of hydrogen-bond donors (Lipinski definition) is 10. The summed E-state index contributed by atoms with van der Waals surface area (Å²) in [5, 5.41) is 41.1. The van der Waals surface area contributed by atoms with Gasteiger partial charge in [-0.2, -0.15) is 0 Å². The van der Waals surface area contributed by atoms with Crippen LogP contribution in [-0.2, 0) is 65.6 Å². The zero-order valence-electron chi connectivity index (χ0n) is 44.0. The van der Waals surface area contributed by atoms with Crippen molar-refractivity contribution in [2.24, 2.45) is 17.4 Å². The Morgan fingerprint density at radius 1 is 0.603 bits per heavy atom. The molecule has 10 amide bonds. The SMILES string of the molecule is CC[C@H](C)[C@H](NC(=O)[C@@H]1CCCN1C(=O)CNC(=O)[C@@H]1CCCN1C(=O)[C@H](Cc1ccccc1)NC(=O)[C@@H]1CCCN1C(=O)[C@@H](N)Cc1ccc(O)cc1)C(=O)N1CCC[C@H]1C(=O)N[C@@H](CC(N)=O)C(=O)N[C@@H](CO)C(=O)O. The van der Waals surface area contributed by atoms with E-state index in [4.69, 9.17) is 11.5 Å². The van der Waals surface area contributed by atoms with Crippen molar-refractivity contribution in [3.05, 3.63) is 65.7 Å². The molecular formula is C53H73N11O14. The van der Waals surface area contributed by atoms with Gasteiger partial charge in [0.05, 0.1) is 25.6 Å². The highest BCUT2D eigenvalue weighted by Gasteiger charge is 2.44. The summed E-state index contributed by atoms with van der Waals surface area (Å²) in [6.45, 7) is 2.77. The van der Waals surface area contributed by atoms with Crippen LogP contribution in [0.15, 0.2) is 54.6 Å². The van der Waals surface area contributed by atoms with Gasteiger partial charge in [0.25, 0.3) is 0 Å². The number of primary amides is 1. The minimum atomic E-state index is -1.74. The van der Waals surface area contributed by atoms with Crippen LogP contribution in [-0.4, -0.2) is 194 Å². The van der Waals surface area contributed by atoms with Crippen molar-refractivity contribution < 1.29 is 68.1 Å². The molecule has 6 rings (SSSR count). The second-order valence-corrected chi connectivity index (χ2v) is 20.4. The van der Waals surface area contributed by atoms with Crippen molar-refractivity contribution in [1.29, 1.82) is 0 Å². The summed E-state index contributed by atoms with van der Waals surface area (Å²) in [5.74, 6) is -8.85. The van der Waals surface area contributed by atoms with E-state index in [-0.39, 0.29) is 64.0 Å². The molecule has 4 aliphatic heterocycles. The zero-order chi connectivity index (χ0) is 56.8. The van der Waals surface area contributed by atoms with Crippen LogP contribution in [0.25, 0.3) is 0 Å². The average Bonchev–Trinajstić information content (AvgIpc) is 4.29. The van der Waals surface area contributed by atoms with Gasteiger partial charge in [-0.15, -0.1) is 0 Å². The summed E-state index contributed by atoms with van der Waals surface area (Å²) in [6, 6.07) is 4.61. The summed E-state index contributed by atoms with van der Waals surface area (Å²) in [7, 11) is 0. The Bertz CT molecular complexity index is 2540. The van der Waals surface area contributed by atoms with Crippen LogP contribution in [0.4, 0.5) is 0 Å². The van der Waals surface area contributed by atoms with Crippen LogP contribution in [0.3, 0.4) is 0 Å². The molecule has 4 heterocycles. The first-order chi connectivity index (χ1) is 37.2. The Balaban J connectivity index is 1.07. The number of carboxylic acids is 1. The number of rotatable bonds is 24. The lowest BCUT2D eigenvalue weighted by atomic mass is 9.96. The van der Waals surface area contributed by atoms with Gasteiger partial charge in [0, 0.05) is 32.6 Å². The number of nitrogens with zero attached hydrogens (tertiary/aromatic N) is 4. The molecule has 0 radical (unpaired) electrons. The van der Waals surface area contributed by atoms with Gasteiger partial charge in [-0.3, -0.25) is 47.9 Å². The molecule has 12 N–H and O–H groups in total. The maximum absolute atomic E-state index is 14.5. The van der Waals surface area contributed by atoms with Gasteiger partial charge in [-0.1, -0.05) is 62.7 Å². The third-order valence-electron chi connectivity index (χ3n) is 15.0. The zero-order valence-corrected chi connectivity index (χ0v) is 44.0. The highest BCUT2D eigenvalue weighted by atomic mass is 16.4. The Kier molecular flexibility index (Phi) is 21.1. The Morgan fingerprint density at radius 2 is 1.09 bits per heavy atom. The highest BCUT2D eigenvalue weighted by molar-refractivity contribution is 5.99. The van der Waals surface area contributed by atoms with E-state index < -0.39 is 145 Å². The van der Waals surface area contributed by atoms with E-state index in [1.807, 2.05) is 11.4 Å². The number of nitrogens with two attached hydrogens (primary N) is 2. The number of nitrogens with one attached hydrogen (secondary N) is 5. The van der Waals surface area contributed by atoms with E-state index >= 15 is 0 Å². The molecule has 2 aromatic rings. The number of carboxylic acid groups (broad SMARTS) is 1. The summed E-state index contributed by atoms with van der Waals surface area (Å²) in [6.07, 6.45) is 2.72. The smallest absolute Gasteiger partial charge is 0.328 e. The molecule has 4 saturated heterocycles. The number of aliphatic hydroxyl groups is 1. The lowest BCUT2D eigenvalue weighted by molar-refractivity contribution is -0.145. The van der Waals surface area contributed by atoms with E-state index in [2.05, 4.69) is 21.3 Å². The lowest BCUT2D eigenvalue weighted by Gasteiger charge is -2.33. The summed E-state index contributed by atoms with van der Waals surface area (Å²) < 4.78 is 0. The van der Waals surface area contributed by atoms with E-state index in [1.54, 1.807) is 50.2 Å². The Hall–Kier alpha value is -7.67. The lowest BCUT2D eigenvalue weighted by Crippen LogP contribution is -2.60. The molecule has 424 valence electrons. The van der Waals surface area contributed by atoms with Crippen LogP contribution < -0.4 is 38.1 Å². The number of carbonyl (C=O) groups is 11. The molecule has 10 atom stereocenters. The monoisotopic (exact) mass is 1090 g/mol. The van der Waals surface area contributed by atoms with Crippen LogP contribution >= 0.6 is 0 Å². The second kappa shape index (κ2) is 27.6. The largest absolute Gasteiger partial charge is 0.508 e. The first kappa shape index (κ1) is 59.6. The van der Waals surface area contributed by atoms with Gasteiger partial charge in [-0.05, 0) is 87.0 Å². The van der Waals surface area contributed by atoms with Crippen molar-refractivity contribution in [3.63, 3.8) is 0 Å². The van der Waals surface area contributed by atoms with Gasteiger partial charge >= 0.3 is 5.97 Å². The molecule has 0 saturated carbocycles. The molecule has 2 aromatic carbocycles. The molecule has 0 aromatic heterocycles. The molecule has 78 heavy (non-hydrogen) atoms. The number of phenolic OH excluding ortho intramolecular Hbond substituents is 1. The quantitative estimate of drug-likeness (QED) is 0.0521. The van der Waals surface area contributed by atoms with Crippen LogP contribution in [0.1, 0.15) is 89.2 Å². The number of aliphatic hydroxyl groups excluding tert-OH is 1. The third kappa shape index (κ3) is 15.1. The maximum Gasteiger partial charge on any atom is 0.328 e. The fraction of sp³-hybridized carbons (Fsp3) is 0.566. The molecule has 0 aliphatic carbocycles. The summed E-state index contributed by atoms with van der Waals surface area (Å²) in [5.41, 5.74) is 13.1. The van der Waals surface area contributed by atoms with E-state index in [1.165, 1.54) is 31.7 Å². The number of hydrogen-bond acceptors (Lipinski definition) is 14. The molecule has 0 bridgehead atoms. The predicted molar refractivity (Wildman–Crippen MR) is 278 cm³/mol. The highest BCUT2D eigenvalue weighted by Crippen LogP contribution is 2.26. The molecule has 0 spiro atoms. The van der Waals surface area contributed by atoms with Crippen molar-refractivity contribution in [1.82, 2.24) is 46.2 Å². The van der Waals surface area contributed by atoms with Crippen molar-refractivity contribution >= 4 is 65.0 Å². The van der Waals surface area contributed by atoms with Gasteiger partial charge in [0.15, 0.2) is 0 Å². The minimum absolute atomic E-state index is 0.0696. The van der Waals surface area contributed by atoms with Crippen molar-refractivity contribution in [2.45, 2.75) is 145 Å². The van der Waals surface area contributed by atoms with Crippen molar-refractivity contribution in [3.8, 4) is 5.75 Å². The van der Waals surface area contributed by atoms with Gasteiger partial charge in [0.1, 0.15) is 54.1 Å². The number of phenols is 1. The summed E-state index contributed by atoms with van der Waals surface area (Å²) in [4.78, 5) is 154. The molecule has 4 fully saturated rings. The first-order valence-corrected chi connectivity index (χ1v) is 26.6. The maximum atomic E-state index is 14.5. The first-order valence-electron chi connectivity index (χ1n) is 26.6. The molecular weight excluding hydrogens is 1010 g/mol. The van der Waals surface area contributed by atoms with Gasteiger partial charge in [-0.25, -0.2) is 4.79 Å². The fourth-order valence-electron chi connectivity index (χ4n) is 10.6. The molecule has 0 unspecified atom stereocenters. The Morgan fingerprint density at radius 3 is 1.63 bits per heavy atom. The number of likely N-dealkylation sites (tertiary alicyclic amines) is 4. The van der Waals surface area contributed by atoms with Crippen molar-refractivity contribution in [2.75, 3.05) is 39.3 Å². The number of aromatic hydroxyl groups is 1. The summed E-state index contributed by atoms with van der Waals surface area (Å²) >= 11 is 0. The number of benzene rings is 2. The van der Waals surface area contributed by atoms with Gasteiger partial charge in [0.2, 0.25) is 59.1 Å². The Labute approximate surface area is 451 Å². The van der Waals surface area contributed by atoms with Crippen LogP contribution in [0, 0.1) is 5.92 Å². The van der Waals surface area contributed by atoms with E-state index in [9.17, 15) is 68.1 Å². The second-order valence-electron chi connectivity index (χ2n) is 20.4. The van der Waals surface area contributed by atoms with Crippen LogP contribution in [0.2, 0.25) is 0 Å². The van der Waals surface area contributed by atoms with E-state index in [0.717, 1.165) is 11.1 Å². The molecule has 25 nitrogen and oxygen atoms in total. The fourth-order valence-corrected chi connectivity index (χ4v) is 10.6. The molecule has 4 aliphatic rings. The predicted octanol–water partition coefficient (Wildman–Crippen LogP) is -2.48. The van der Waals surface area contributed by atoms with E-state index in [0.29, 0.717) is 38.5 Å². The minimum Gasteiger partial charge on any atom is -0.508 e. The number of carbonyl (C=O) groups excluding carboxylic acids is 10.